The number of nitrogens with two attached hydrogens (primary N) is 1. The smallest absolute Gasteiger partial charge is 0.161 e. The molecule has 2 N–H and O–H groups in total. The molecule has 3 aromatic rings. The summed E-state index contributed by atoms with van der Waals surface area (Å²) in [7, 11) is 1.67. The average Bonchev–Trinajstić information content (AvgIpc) is 3.15. The fourth-order valence-electron chi connectivity index (χ4n) is 2.70. The molecule has 0 amide bonds. The van der Waals surface area contributed by atoms with Crippen LogP contribution < -0.4 is 14.8 Å². The highest BCUT2D eigenvalue weighted by molar-refractivity contribution is 5.43. The Hall–Kier alpha value is -2.72. The van der Waals surface area contributed by atoms with Gasteiger partial charge < -0.3 is 19.2 Å². The fourth-order valence-corrected chi connectivity index (χ4v) is 2.70. The third-order valence-corrected chi connectivity index (χ3v) is 4.18. The molecule has 1 heterocycles. The third kappa shape index (κ3) is 4.64. The molecule has 0 aliphatic rings. The Morgan fingerprint density at radius 1 is 0.960 bits per heavy atom. The quantitative estimate of drug-likeness (QED) is 0.684. The van der Waals surface area contributed by atoms with E-state index in [0.29, 0.717) is 6.61 Å². The molecule has 0 atom stereocenters. The monoisotopic (exact) mass is 338 g/mol. The predicted molar refractivity (Wildman–Crippen MR) is 96.5 cm³/mol. The Kier molecular flexibility index (Phi) is 5.75. The van der Waals surface area contributed by atoms with Gasteiger partial charge in [0.25, 0.3) is 0 Å². The van der Waals surface area contributed by atoms with Gasteiger partial charge in [0.2, 0.25) is 0 Å². The number of quaternary nitrogens is 1. The number of methoxy groups -OCH3 is 1. The number of aryl methyl sites for hydroxylation is 1. The summed E-state index contributed by atoms with van der Waals surface area (Å²) >= 11 is 0. The highest BCUT2D eigenvalue weighted by Crippen LogP contribution is 2.28. The van der Waals surface area contributed by atoms with Crippen LogP contribution in [0.25, 0.3) is 0 Å². The second-order valence-electron chi connectivity index (χ2n) is 5.98. The van der Waals surface area contributed by atoms with Crippen LogP contribution in [0.4, 0.5) is 0 Å². The van der Waals surface area contributed by atoms with Crippen molar-refractivity contribution in [1.29, 1.82) is 0 Å². The van der Waals surface area contributed by atoms with Gasteiger partial charge in [0.15, 0.2) is 17.3 Å². The molecule has 0 saturated carbocycles. The lowest BCUT2D eigenvalue weighted by Gasteiger charge is -2.13. The lowest BCUT2D eigenvalue weighted by atomic mass is 10.1. The average molecular weight is 338 g/mol. The molecule has 2 aromatic carbocycles. The van der Waals surface area contributed by atoms with Crippen LogP contribution in [0.1, 0.15) is 22.5 Å². The first kappa shape index (κ1) is 17.1. The molecule has 0 unspecified atom stereocenters. The minimum absolute atomic E-state index is 0.535. The maximum absolute atomic E-state index is 5.96. The summed E-state index contributed by atoms with van der Waals surface area (Å²) in [5.74, 6) is 2.50. The number of rotatable bonds is 8. The Bertz CT molecular complexity index is 797. The number of ether oxygens (including phenoxy) is 2. The molecule has 25 heavy (non-hydrogen) atoms. The van der Waals surface area contributed by atoms with Crippen molar-refractivity contribution >= 4 is 0 Å². The van der Waals surface area contributed by atoms with Crippen molar-refractivity contribution in [2.24, 2.45) is 0 Å². The fraction of sp³-hybridized carbons (Fsp3) is 0.238. The molecule has 130 valence electrons. The zero-order chi connectivity index (χ0) is 17.5. The van der Waals surface area contributed by atoms with E-state index in [1.54, 1.807) is 13.4 Å². The van der Waals surface area contributed by atoms with E-state index in [1.807, 2.05) is 36.4 Å². The molecule has 0 aliphatic heterocycles. The highest BCUT2D eigenvalue weighted by Gasteiger charge is 2.08. The van der Waals surface area contributed by atoms with Crippen molar-refractivity contribution < 1.29 is 19.2 Å². The molecule has 0 radical (unpaired) electrons. The van der Waals surface area contributed by atoms with E-state index < -0.39 is 0 Å². The predicted octanol–water partition coefficient (Wildman–Crippen LogP) is 3.44. The standard InChI is InChI=1S/C21H23NO3/c1-16-6-3-4-7-18(16)15-25-20-10-9-17(12-21(20)23-2)13-22-14-19-8-5-11-24-19/h3-12,22H,13-15H2,1-2H3/p+1. The van der Waals surface area contributed by atoms with Crippen molar-refractivity contribution in [2.45, 2.75) is 26.6 Å². The van der Waals surface area contributed by atoms with Gasteiger partial charge in [-0.1, -0.05) is 24.3 Å². The van der Waals surface area contributed by atoms with Gasteiger partial charge in [0.05, 0.1) is 13.4 Å². The van der Waals surface area contributed by atoms with Gasteiger partial charge in [-0.05, 0) is 48.4 Å². The van der Waals surface area contributed by atoms with E-state index in [0.717, 1.165) is 30.3 Å². The molecule has 0 fully saturated rings. The van der Waals surface area contributed by atoms with E-state index in [-0.39, 0.29) is 0 Å². The second-order valence-corrected chi connectivity index (χ2v) is 5.98. The van der Waals surface area contributed by atoms with Crippen LogP contribution in [0.2, 0.25) is 0 Å². The Balaban J connectivity index is 1.60. The summed E-state index contributed by atoms with van der Waals surface area (Å²) < 4.78 is 16.8. The van der Waals surface area contributed by atoms with Crippen LogP contribution in [0.15, 0.2) is 65.3 Å². The zero-order valence-corrected chi connectivity index (χ0v) is 14.7. The molecule has 3 rings (SSSR count). The van der Waals surface area contributed by atoms with Gasteiger partial charge in [-0.15, -0.1) is 0 Å². The molecule has 0 saturated heterocycles. The number of furan rings is 1. The van der Waals surface area contributed by atoms with Crippen LogP contribution in [-0.4, -0.2) is 7.11 Å². The van der Waals surface area contributed by atoms with Crippen molar-refractivity contribution in [3.8, 4) is 11.5 Å². The van der Waals surface area contributed by atoms with Gasteiger partial charge in [-0.2, -0.15) is 0 Å². The molecule has 0 aliphatic carbocycles. The summed E-state index contributed by atoms with van der Waals surface area (Å²) in [5.41, 5.74) is 3.60. The molecule has 0 spiro atoms. The normalized spacial score (nSPS) is 10.6. The maximum Gasteiger partial charge on any atom is 0.161 e. The van der Waals surface area contributed by atoms with Crippen molar-refractivity contribution in [2.75, 3.05) is 7.11 Å². The largest absolute Gasteiger partial charge is 0.493 e. The van der Waals surface area contributed by atoms with E-state index >= 15 is 0 Å². The Morgan fingerprint density at radius 3 is 2.60 bits per heavy atom. The minimum Gasteiger partial charge on any atom is -0.493 e. The van der Waals surface area contributed by atoms with E-state index in [2.05, 4.69) is 30.4 Å². The number of hydrogen-bond acceptors (Lipinski definition) is 3. The molecule has 4 heteroatoms. The van der Waals surface area contributed by atoms with Crippen LogP contribution in [0.3, 0.4) is 0 Å². The van der Waals surface area contributed by atoms with Crippen molar-refractivity contribution in [1.82, 2.24) is 0 Å². The summed E-state index contributed by atoms with van der Waals surface area (Å²) in [4.78, 5) is 0. The van der Waals surface area contributed by atoms with Crippen molar-refractivity contribution in [3.63, 3.8) is 0 Å². The summed E-state index contributed by atoms with van der Waals surface area (Å²) in [6.45, 7) is 4.30. The summed E-state index contributed by atoms with van der Waals surface area (Å²) in [6, 6.07) is 18.2. The highest BCUT2D eigenvalue weighted by atomic mass is 16.5. The van der Waals surface area contributed by atoms with Crippen LogP contribution in [0.5, 0.6) is 11.5 Å². The molecule has 1 aromatic heterocycles. The first-order valence-corrected chi connectivity index (χ1v) is 8.44. The molecule has 4 nitrogen and oxygen atoms in total. The number of hydrogen-bond donors (Lipinski definition) is 1. The molecular formula is C21H24NO3+. The minimum atomic E-state index is 0.535. The van der Waals surface area contributed by atoms with E-state index in [1.165, 1.54) is 16.7 Å². The summed E-state index contributed by atoms with van der Waals surface area (Å²) in [6.07, 6.45) is 1.70. The third-order valence-electron chi connectivity index (χ3n) is 4.18. The SMILES string of the molecule is COc1cc(C[NH2+]Cc2ccco2)ccc1OCc1ccccc1C. The first-order chi connectivity index (χ1) is 12.3. The van der Waals surface area contributed by atoms with Gasteiger partial charge in [-0.3, -0.25) is 0 Å². The Morgan fingerprint density at radius 2 is 1.84 bits per heavy atom. The van der Waals surface area contributed by atoms with Gasteiger partial charge in [0.1, 0.15) is 19.7 Å². The Labute approximate surface area is 148 Å². The number of benzene rings is 2. The van der Waals surface area contributed by atoms with Crippen LogP contribution in [-0.2, 0) is 19.7 Å². The van der Waals surface area contributed by atoms with E-state index in [9.17, 15) is 0 Å². The topological polar surface area (TPSA) is 48.2 Å². The van der Waals surface area contributed by atoms with E-state index in [4.69, 9.17) is 13.9 Å². The first-order valence-electron chi connectivity index (χ1n) is 8.44. The van der Waals surface area contributed by atoms with Gasteiger partial charge >= 0.3 is 0 Å². The zero-order valence-electron chi connectivity index (χ0n) is 14.7. The maximum atomic E-state index is 5.96. The van der Waals surface area contributed by atoms with Crippen LogP contribution >= 0.6 is 0 Å². The van der Waals surface area contributed by atoms with Crippen LogP contribution in [0, 0.1) is 6.92 Å². The summed E-state index contributed by atoms with van der Waals surface area (Å²) in [5, 5.41) is 2.20. The van der Waals surface area contributed by atoms with Crippen molar-refractivity contribution in [3.05, 3.63) is 83.3 Å². The molecular weight excluding hydrogens is 314 g/mol. The molecule has 0 bridgehead atoms. The lowest BCUT2D eigenvalue weighted by Crippen LogP contribution is -2.80. The lowest BCUT2D eigenvalue weighted by molar-refractivity contribution is -0.688. The van der Waals surface area contributed by atoms with Gasteiger partial charge in [-0.25, -0.2) is 0 Å². The second kappa shape index (κ2) is 8.40. The van der Waals surface area contributed by atoms with Gasteiger partial charge in [0, 0.05) is 5.56 Å².